The molecule has 16 heavy (non-hydrogen) atoms. The Labute approximate surface area is 103 Å². The quantitative estimate of drug-likeness (QED) is 0.750. The molecule has 0 aromatic rings. The molecule has 1 aliphatic rings. The van der Waals surface area contributed by atoms with Gasteiger partial charge in [-0.3, -0.25) is 4.79 Å². The lowest BCUT2D eigenvalue weighted by molar-refractivity contribution is -0.122. The number of carbonyl (C=O) groups excluding carboxylic acids is 1. The van der Waals surface area contributed by atoms with Crippen LogP contribution in [-0.2, 0) is 4.79 Å². The van der Waals surface area contributed by atoms with E-state index in [1.165, 1.54) is 12.8 Å². The number of hydrogen-bond acceptors (Lipinski definition) is 3. The van der Waals surface area contributed by atoms with Gasteiger partial charge in [-0.1, -0.05) is 12.8 Å². The molecule has 3 nitrogen and oxygen atoms in total. The van der Waals surface area contributed by atoms with Crippen molar-refractivity contribution in [3.63, 3.8) is 0 Å². The van der Waals surface area contributed by atoms with E-state index in [2.05, 4.69) is 18.5 Å². The summed E-state index contributed by atoms with van der Waals surface area (Å²) in [5.74, 6) is 1.22. The second-order valence-corrected chi connectivity index (χ2v) is 5.98. The van der Waals surface area contributed by atoms with Crippen molar-refractivity contribution in [2.75, 3.05) is 12.0 Å². The minimum atomic E-state index is -0.219. The molecule has 0 aliphatic heterocycles. The molecule has 0 saturated heterocycles. The maximum atomic E-state index is 11.8. The van der Waals surface area contributed by atoms with Crippen molar-refractivity contribution in [2.45, 2.75) is 57.0 Å². The summed E-state index contributed by atoms with van der Waals surface area (Å²) in [6, 6.07) is 0.268. The second kappa shape index (κ2) is 6.50. The van der Waals surface area contributed by atoms with E-state index < -0.39 is 0 Å². The van der Waals surface area contributed by atoms with Crippen LogP contribution in [-0.4, -0.2) is 29.5 Å². The van der Waals surface area contributed by atoms with E-state index in [1.54, 1.807) is 0 Å². The van der Waals surface area contributed by atoms with Crippen molar-refractivity contribution in [3.8, 4) is 0 Å². The van der Waals surface area contributed by atoms with E-state index >= 15 is 0 Å². The first-order chi connectivity index (χ1) is 7.56. The Morgan fingerprint density at radius 1 is 1.50 bits per heavy atom. The van der Waals surface area contributed by atoms with Crippen LogP contribution in [0.5, 0.6) is 0 Å². The molecule has 94 valence electrons. The first kappa shape index (κ1) is 13.8. The number of amides is 1. The monoisotopic (exact) mass is 244 g/mol. The normalized spacial score (nSPS) is 20.7. The number of nitrogens with two attached hydrogens (primary N) is 1. The lowest BCUT2D eigenvalue weighted by Crippen LogP contribution is -2.44. The van der Waals surface area contributed by atoms with Crippen LogP contribution in [0.3, 0.4) is 0 Å². The van der Waals surface area contributed by atoms with Gasteiger partial charge in [-0.05, 0) is 38.2 Å². The first-order valence-electron chi connectivity index (χ1n) is 6.13. The Kier molecular flexibility index (Phi) is 5.62. The maximum absolute atomic E-state index is 11.8. The standard InChI is InChI=1S/C12H24N2OS/c1-10(5-8-16-2)14-11(15)9-12(13)6-3-4-7-12/h10H,3-9,13H2,1-2H3,(H,14,15). The molecule has 0 spiro atoms. The SMILES string of the molecule is CSCCC(C)NC(=O)CC1(N)CCCC1. The summed E-state index contributed by atoms with van der Waals surface area (Å²) in [7, 11) is 0. The van der Waals surface area contributed by atoms with Crippen LogP contribution in [0.4, 0.5) is 0 Å². The van der Waals surface area contributed by atoms with Crippen LogP contribution in [0.15, 0.2) is 0 Å². The van der Waals surface area contributed by atoms with E-state index in [0.717, 1.165) is 25.0 Å². The van der Waals surface area contributed by atoms with Gasteiger partial charge in [-0.15, -0.1) is 0 Å². The smallest absolute Gasteiger partial charge is 0.222 e. The van der Waals surface area contributed by atoms with Crippen LogP contribution in [0.1, 0.15) is 45.4 Å². The maximum Gasteiger partial charge on any atom is 0.222 e. The number of rotatable bonds is 6. The summed E-state index contributed by atoms with van der Waals surface area (Å²) in [6.07, 6.45) is 7.96. The van der Waals surface area contributed by atoms with E-state index in [0.29, 0.717) is 6.42 Å². The van der Waals surface area contributed by atoms with Gasteiger partial charge in [-0.25, -0.2) is 0 Å². The van der Waals surface area contributed by atoms with Crippen molar-refractivity contribution in [1.29, 1.82) is 0 Å². The predicted molar refractivity (Wildman–Crippen MR) is 70.6 cm³/mol. The van der Waals surface area contributed by atoms with E-state index in [4.69, 9.17) is 5.73 Å². The number of nitrogens with one attached hydrogen (secondary N) is 1. The molecule has 0 heterocycles. The van der Waals surface area contributed by atoms with Gasteiger partial charge in [0, 0.05) is 18.0 Å². The lowest BCUT2D eigenvalue weighted by Gasteiger charge is -2.24. The van der Waals surface area contributed by atoms with Gasteiger partial charge in [-0.2, -0.15) is 11.8 Å². The van der Waals surface area contributed by atoms with Crippen LogP contribution in [0.25, 0.3) is 0 Å². The average molecular weight is 244 g/mol. The summed E-state index contributed by atoms with van der Waals surface area (Å²) in [6.45, 7) is 2.06. The van der Waals surface area contributed by atoms with Crippen LogP contribution in [0, 0.1) is 0 Å². The van der Waals surface area contributed by atoms with Gasteiger partial charge in [0.05, 0.1) is 0 Å². The lowest BCUT2D eigenvalue weighted by atomic mass is 9.94. The molecular formula is C12H24N2OS. The molecule has 3 N–H and O–H groups in total. The van der Waals surface area contributed by atoms with Crippen LogP contribution < -0.4 is 11.1 Å². The van der Waals surface area contributed by atoms with Crippen molar-refractivity contribution >= 4 is 17.7 Å². The molecule has 1 aliphatic carbocycles. The van der Waals surface area contributed by atoms with E-state index in [9.17, 15) is 4.79 Å². The molecule has 1 saturated carbocycles. The molecule has 1 amide bonds. The Hall–Kier alpha value is -0.220. The van der Waals surface area contributed by atoms with Crippen LogP contribution in [0.2, 0.25) is 0 Å². The summed E-state index contributed by atoms with van der Waals surface area (Å²) in [4.78, 5) is 11.8. The summed E-state index contributed by atoms with van der Waals surface area (Å²) in [5.41, 5.74) is 5.95. The topological polar surface area (TPSA) is 55.1 Å². The largest absolute Gasteiger partial charge is 0.354 e. The van der Waals surface area contributed by atoms with Crippen molar-refractivity contribution in [1.82, 2.24) is 5.32 Å². The predicted octanol–water partition coefficient (Wildman–Crippen LogP) is 1.91. The highest BCUT2D eigenvalue weighted by Gasteiger charge is 2.31. The molecule has 0 aromatic carbocycles. The average Bonchev–Trinajstić information content (AvgIpc) is 2.61. The Balaban J connectivity index is 2.24. The van der Waals surface area contributed by atoms with Gasteiger partial charge in [0.25, 0.3) is 0 Å². The summed E-state index contributed by atoms with van der Waals surface area (Å²) in [5, 5.41) is 3.03. The van der Waals surface area contributed by atoms with E-state index in [-0.39, 0.29) is 17.5 Å². The third-order valence-corrected chi connectivity index (χ3v) is 3.92. The first-order valence-corrected chi connectivity index (χ1v) is 7.52. The van der Waals surface area contributed by atoms with Gasteiger partial charge >= 0.3 is 0 Å². The Morgan fingerprint density at radius 2 is 2.12 bits per heavy atom. The highest BCUT2D eigenvalue weighted by atomic mass is 32.2. The van der Waals surface area contributed by atoms with Crippen molar-refractivity contribution in [3.05, 3.63) is 0 Å². The molecule has 4 heteroatoms. The third kappa shape index (κ3) is 4.74. The zero-order chi connectivity index (χ0) is 12.0. The van der Waals surface area contributed by atoms with Crippen molar-refractivity contribution < 1.29 is 4.79 Å². The minimum absolute atomic E-state index is 0.123. The second-order valence-electron chi connectivity index (χ2n) is 5.00. The number of carbonyl (C=O) groups is 1. The third-order valence-electron chi connectivity index (χ3n) is 3.27. The zero-order valence-electron chi connectivity index (χ0n) is 10.4. The minimum Gasteiger partial charge on any atom is -0.354 e. The molecule has 0 radical (unpaired) electrons. The zero-order valence-corrected chi connectivity index (χ0v) is 11.2. The molecule has 0 aromatic heterocycles. The summed E-state index contributed by atoms with van der Waals surface area (Å²) >= 11 is 1.81. The molecule has 0 bridgehead atoms. The number of thioether (sulfide) groups is 1. The van der Waals surface area contributed by atoms with Gasteiger partial charge < -0.3 is 11.1 Å². The fourth-order valence-corrected chi connectivity index (χ4v) is 2.86. The molecule has 1 unspecified atom stereocenters. The highest BCUT2D eigenvalue weighted by Crippen LogP contribution is 2.29. The molecule has 1 rings (SSSR count). The van der Waals surface area contributed by atoms with Gasteiger partial charge in [0.1, 0.15) is 0 Å². The molecular weight excluding hydrogens is 220 g/mol. The number of hydrogen-bond donors (Lipinski definition) is 2. The van der Waals surface area contributed by atoms with Gasteiger partial charge in [0.2, 0.25) is 5.91 Å². The van der Waals surface area contributed by atoms with E-state index in [1.807, 2.05) is 11.8 Å². The summed E-state index contributed by atoms with van der Waals surface area (Å²) < 4.78 is 0. The molecule has 1 fully saturated rings. The fraction of sp³-hybridized carbons (Fsp3) is 0.917. The highest BCUT2D eigenvalue weighted by molar-refractivity contribution is 7.98. The fourth-order valence-electron chi connectivity index (χ4n) is 2.27. The molecule has 1 atom stereocenters. The Morgan fingerprint density at radius 3 is 2.69 bits per heavy atom. The van der Waals surface area contributed by atoms with Gasteiger partial charge in [0.15, 0.2) is 0 Å². The van der Waals surface area contributed by atoms with Crippen LogP contribution >= 0.6 is 11.8 Å². The Bertz CT molecular complexity index is 227. The van der Waals surface area contributed by atoms with Crippen molar-refractivity contribution in [2.24, 2.45) is 5.73 Å².